The van der Waals surface area contributed by atoms with Crippen LogP contribution in [-0.2, 0) is 5.41 Å². The predicted octanol–water partition coefficient (Wildman–Crippen LogP) is 3.73. The number of aromatic nitrogens is 2. The van der Waals surface area contributed by atoms with Crippen LogP contribution >= 0.6 is 11.3 Å². The lowest BCUT2D eigenvalue weighted by atomic mass is 9.79. The first-order chi connectivity index (χ1) is 11.6. The van der Waals surface area contributed by atoms with Gasteiger partial charge in [-0.3, -0.25) is 9.20 Å². The number of amides is 1. The molecule has 1 aromatic carbocycles. The third-order valence-corrected chi connectivity index (χ3v) is 5.69. The molecular formula is C18H18FN3OS. The van der Waals surface area contributed by atoms with Crippen molar-refractivity contribution in [2.24, 2.45) is 0 Å². The number of hydrogen-bond acceptors (Lipinski definition) is 3. The van der Waals surface area contributed by atoms with E-state index in [9.17, 15) is 9.18 Å². The van der Waals surface area contributed by atoms with Crippen LogP contribution in [0.5, 0.6) is 0 Å². The van der Waals surface area contributed by atoms with E-state index in [1.54, 1.807) is 34.4 Å². The molecule has 24 heavy (non-hydrogen) atoms. The summed E-state index contributed by atoms with van der Waals surface area (Å²) >= 11 is 1.66. The maximum absolute atomic E-state index is 14.0. The molecule has 1 aliphatic heterocycles. The Morgan fingerprint density at radius 1 is 1.38 bits per heavy atom. The van der Waals surface area contributed by atoms with E-state index in [4.69, 9.17) is 0 Å². The number of benzene rings is 1. The van der Waals surface area contributed by atoms with E-state index < -0.39 is 5.82 Å². The van der Waals surface area contributed by atoms with E-state index in [0.717, 1.165) is 23.4 Å². The molecule has 2 aromatic heterocycles. The fourth-order valence-electron chi connectivity index (χ4n) is 3.56. The fraction of sp³-hybridized carbons (Fsp3) is 0.333. The van der Waals surface area contributed by atoms with Crippen molar-refractivity contribution in [2.45, 2.75) is 25.2 Å². The highest BCUT2D eigenvalue weighted by atomic mass is 32.1. The van der Waals surface area contributed by atoms with Crippen LogP contribution in [0.2, 0.25) is 0 Å². The summed E-state index contributed by atoms with van der Waals surface area (Å²) in [5.74, 6) is -0.696. The molecule has 1 fully saturated rings. The third kappa shape index (κ3) is 2.41. The maximum atomic E-state index is 14.0. The van der Waals surface area contributed by atoms with E-state index in [1.807, 2.05) is 22.3 Å². The van der Waals surface area contributed by atoms with Crippen LogP contribution in [0.25, 0.3) is 4.83 Å². The number of carbonyl (C=O) groups is 1. The molecule has 1 amide bonds. The lowest BCUT2D eigenvalue weighted by Gasteiger charge is -2.39. The molecule has 4 rings (SSSR count). The molecule has 4 nitrogen and oxygen atoms in total. The standard InChI is InChI=1S/C18H18FN3OS/c1-18(15-17-22(12-20-15)9-10-24-17)7-4-8-21(11-18)16(23)13-5-2-3-6-14(13)19/h2-3,5-6,9-10,12H,4,7-8,11H2,1H3. The SMILES string of the molecule is CC1(c2ncn3ccsc23)CCCN(C(=O)c2ccccc2F)C1. The number of halogens is 1. The molecule has 0 saturated carbocycles. The zero-order valence-electron chi connectivity index (χ0n) is 13.4. The largest absolute Gasteiger partial charge is 0.338 e. The highest BCUT2D eigenvalue weighted by Gasteiger charge is 2.38. The minimum Gasteiger partial charge on any atom is -0.338 e. The number of carbonyl (C=O) groups excluding carboxylic acids is 1. The van der Waals surface area contributed by atoms with E-state index in [-0.39, 0.29) is 16.9 Å². The van der Waals surface area contributed by atoms with Gasteiger partial charge in [-0.25, -0.2) is 9.37 Å². The second kappa shape index (κ2) is 5.70. The first kappa shape index (κ1) is 15.3. The number of fused-ring (bicyclic) bond motifs is 1. The minimum absolute atomic E-state index is 0.146. The minimum atomic E-state index is -0.461. The maximum Gasteiger partial charge on any atom is 0.256 e. The van der Waals surface area contributed by atoms with Gasteiger partial charge in [0.25, 0.3) is 5.91 Å². The Bertz CT molecular complexity index is 902. The summed E-state index contributed by atoms with van der Waals surface area (Å²) in [6.45, 7) is 3.37. The molecule has 1 atom stereocenters. The number of piperidine rings is 1. The Morgan fingerprint density at radius 2 is 2.21 bits per heavy atom. The monoisotopic (exact) mass is 343 g/mol. The summed E-state index contributed by atoms with van der Waals surface area (Å²) in [5.41, 5.74) is 0.968. The Morgan fingerprint density at radius 3 is 3.04 bits per heavy atom. The molecule has 0 radical (unpaired) electrons. The summed E-state index contributed by atoms with van der Waals surface area (Å²) in [4.78, 5) is 20.2. The quantitative estimate of drug-likeness (QED) is 0.711. The van der Waals surface area contributed by atoms with Gasteiger partial charge in [-0.05, 0) is 25.0 Å². The number of hydrogen-bond donors (Lipinski definition) is 0. The van der Waals surface area contributed by atoms with Crippen LogP contribution in [0.1, 0.15) is 35.8 Å². The van der Waals surface area contributed by atoms with Gasteiger partial charge in [0.1, 0.15) is 17.0 Å². The molecule has 1 saturated heterocycles. The summed E-state index contributed by atoms with van der Waals surface area (Å²) in [6, 6.07) is 6.19. The van der Waals surface area contributed by atoms with Gasteiger partial charge in [0.2, 0.25) is 0 Å². The van der Waals surface area contributed by atoms with Gasteiger partial charge in [-0.1, -0.05) is 19.1 Å². The summed E-state index contributed by atoms with van der Waals surface area (Å²) < 4.78 is 16.0. The molecule has 3 heterocycles. The lowest BCUT2D eigenvalue weighted by Crippen LogP contribution is -2.47. The Labute approximate surface area is 143 Å². The van der Waals surface area contributed by atoms with Gasteiger partial charge >= 0.3 is 0 Å². The predicted molar refractivity (Wildman–Crippen MR) is 92.0 cm³/mol. The van der Waals surface area contributed by atoms with Crippen LogP contribution in [0.4, 0.5) is 4.39 Å². The summed E-state index contributed by atoms with van der Waals surface area (Å²) in [5, 5.41) is 2.04. The first-order valence-corrected chi connectivity index (χ1v) is 8.91. The second-order valence-corrected chi connectivity index (χ2v) is 7.47. The normalized spacial score (nSPS) is 21.3. The van der Waals surface area contributed by atoms with Crippen molar-refractivity contribution in [2.75, 3.05) is 13.1 Å². The number of thiazole rings is 1. The highest BCUT2D eigenvalue weighted by Crippen LogP contribution is 2.37. The molecule has 0 aliphatic carbocycles. The van der Waals surface area contributed by atoms with Crippen LogP contribution in [0.15, 0.2) is 42.2 Å². The van der Waals surface area contributed by atoms with Crippen molar-refractivity contribution < 1.29 is 9.18 Å². The number of rotatable bonds is 2. The van der Waals surface area contributed by atoms with E-state index in [1.165, 1.54) is 6.07 Å². The third-order valence-electron chi connectivity index (χ3n) is 4.81. The van der Waals surface area contributed by atoms with Crippen molar-refractivity contribution in [3.8, 4) is 0 Å². The zero-order chi connectivity index (χ0) is 16.7. The van der Waals surface area contributed by atoms with E-state index in [0.29, 0.717) is 13.1 Å². The molecule has 6 heteroatoms. The van der Waals surface area contributed by atoms with Crippen molar-refractivity contribution >= 4 is 22.1 Å². The smallest absolute Gasteiger partial charge is 0.256 e. The first-order valence-electron chi connectivity index (χ1n) is 8.03. The Balaban J connectivity index is 1.65. The molecular weight excluding hydrogens is 325 g/mol. The molecule has 0 bridgehead atoms. The van der Waals surface area contributed by atoms with E-state index >= 15 is 0 Å². The molecule has 1 aliphatic rings. The van der Waals surface area contributed by atoms with Crippen molar-refractivity contribution in [3.63, 3.8) is 0 Å². The number of imidazole rings is 1. The van der Waals surface area contributed by atoms with Crippen molar-refractivity contribution in [1.29, 1.82) is 0 Å². The number of likely N-dealkylation sites (tertiary alicyclic amines) is 1. The number of nitrogens with zero attached hydrogens (tertiary/aromatic N) is 3. The van der Waals surface area contributed by atoms with Crippen molar-refractivity contribution in [1.82, 2.24) is 14.3 Å². The van der Waals surface area contributed by atoms with Gasteiger partial charge in [0, 0.05) is 30.1 Å². The van der Waals surface area contributed by atoms with E-state index in [2.05, 4.69) is 11.9 Å². The van der Waals surface area contributed by atoms with Crippen LogP contribution in [0.3, 0.4) is 0 Å². The summed E-state index contributed by atoms with van der Waals surface area (Å²) in [7, 11) is 0. The van der Waals surface area contributed by atoms with Crippen molar-refractivity contribution in [3.05, 3.63) is 59.2 Å². The highest BCUT2D eigenvalue weighted by molar-refractivity contribution is 7.15. The zero-order valence-corrected chi connectivity index (χ0v) is 14.2. The second-order valence-electron chi connectivity index (χ2n) is 6.58. The van der Waals surface area contributed by atoms with Gasteiger partial charge in [-0.15, -0.1) is 11.3 Å². The Kier molecular flexibility index (Phi) is 3.64. The fourth-order valence-corrected chi connectivity index (χ4v) is 4.52. The molecule has 124 valence electrons. The topological polar surface area (TPSA) is 37.6 Å². The van der Waals surface area contributed by atoms with Crippen LogP contribution < -0.4 is 0 Å². The van der Waals surface area contributed by atoms with Gasteiger partial charge in [0.05, 0.1) is 11.3 Å². The van der Waals surface area contributed by atoms with Gasteiger partial charge in [0.15, 0.2) is 0 Å². The lowest BCUT2D eigenvalue weighted by molar-refractivity contribution is 0.0644. The van der Waals surface area contributed by atoms with Crippen LogP contribution in [0, 0.1) is 5.82 Å². The average Bonchev–Trinajstić information content (AvgIpc) is 3.18. The molecule has 0 N–H and O–H groups in total. The molecule has 1 unspecified atom stereocenters. The van der Waals surface area contributed by atoms with Gasteiger partial charge < -0.3 is 4.90 Å². The molecule has 0 spiro atoms. The Hall–Kier alpha value is -2.21. The van der Waals surface area contributed by atoms with Crippen LogP contribution in [-0.4, -0.2) is 33.3 Å². The molecule has 3 aromatic rings. The van der Waals surface area contributed by atoms with Gasteiger partial charge in [-0.2, -0.15) is 0 Å². The summed E-state index contributed by atoms with van der Waals surface area (Å²) in [6.07, 6.45) is 5.68. The average molecular weight is 343 g/mol.